The molecule has 0 unspecified atom stereocenters. The first kappa shape index (κ1) is 46.0. The van der Waals surface area contributed by atoms with E-state index < -0.39 is 5.41 Å². The monoisotopic (exact) mass is 1020 g/mol. The standard InChI is InChI=1S/C73H46F2N2O2/c74-59-43-49(47-23-7-1-8-24-47)39-41-61(59)76(53-31-15-5-16-32-53)63-45-57-69(71-67(63)55-35-19-21-37-65(55)78-71)70-58(73(57,51-27-11-3-12-28-51)52-29-13-4-14-30-52)46-64(68-56-36-20-22-38-66(56)79-72(68)70)77(54-33-17-6-18-34-54)62-42-40-50(44-60(62)75)48-25-9-2-10-26-48/h1-46H. The summed E-state index contributed by atoms with van der Waals surface area (Å²) in [6.07, 6.45) is 0. The minimum Gasteiger partial charge on any atom is -0.455 e. The molecule has 0 amide bonds. The highest BCUT2D eigenvalue weighted by Gasteiger charge is 2.51. The normalized spacial score (nSPS) is 12.5. The van der Waals surface area contributed by atoms with Crippen LogP contribution in [0.2, 0.25) is 0 Å². The van der Waals surface area contributed by atoms with Crippen LogP contribution < -0.4 is 9.80 Å². The lowest BCUT2D eigenvalue weighted by molar-refractivity contribution is 0.629. The van der Waals surface area contributed by atoms with E-state index >= 15 is 8.78 Å². The Morgan fingerprint density at radius 2 is 0.646 bits per heavy atom. The molecular weight excluding hydrogens is 975 g/mol. The second kappa shape index (κ2) is 18.5. The van der Waals surface area contributed by atoms with Crippen LogP contribution in [-0.2, 0) is 5.41 Å². The lowest BCUT2D eigenvalue weighted by atomic mass is 9.67. The summed E-state index contributed by atoms with van der Waals surface area (Å²) < 4.78 is 50.1. The Balaban J connectivity index is 1.11. The fourth-order valence-electron chi connectivity index (χ4n) is 12.5. The molecule has 374 valence electrons. The zero-order valence-corrected chi connectivity index (χ0v) is 42.5. The van der Waals surface area contributed by atoms with Crippen LogP contribution in [0, 0.1) is 11.6 Å². The van der Waals surface area contributed by atoms with E-state index in [2.05, 4.69) is 72.8 Å². The lowest BCUT2D eigenvalue weighted by Gasteiger charge is -2.36. The third kappa shape index (κ3) is 7.18. The highest BCUT2D eigenvalue weighted by atomic mass is 19.1. The van der Waals surface area contributed by atoms with Crippen molar-refractivity contribution in [2.45, 2.75) is 5.41 Å². The molecule has 4 nitrogen and oxygen atoms in total. The molecule has 0 spiro atoms. The molecular formula is C73H46F2N2O2. The van der Waals surface area contributed by atoms with Crippen LogP contribution >= 0.6 is 0 Å². The topological polar surface area (TPSA) is 32.8 Å². The first-order valence-corrected chi connectivity index (χ1v) is 26.5. The number of halogens is 2. The van der Waals surface area contributed by atoms with Gasteiger partial charge in [0, 0.05) is 33.3 Å². The van der Waals surface area contributed by atoms with Crippen molar-refractivity contribution in [1.29, 1.82) is 0 Å². The van der Waals surface area contributed by atoms with E-state index in [0.29, 0.717) is 33.7 Å². The number of benzene rings is 12. The zero-order chi connectivity index (χ0) is 52.6. The van der Waals surface area contributed by atoms with E-state index in [9.17, 15) is 0 Å². The Hall–Kier alpha value is -10.3. The van der Waals surface area contributed by atoms with Crippen LogP contribution in [0.25, 0.3) is 77.3 Å². The van der Waals surface area contributed by atoms with Gasteiger partial charge in [-0.15, -0.1) is 0 Å². The van der Waals surface area contributed by atoms with Gasteiger partial charge < -0.3 is 18.6 Å². The van der Waals surface area contributed by atoms with Crippen LogP contribution in [0.15, 0.2) is 288 Å². The van der Waals surface area contributed by atoms with E-state index in [0.717, 1.165) is 99.9 Å². The molecule has 0 radical (unpaired) electrons. The van der Waals surface area contributed by atoms with E-state index in [1.807, 2.05) is 204 Å². The fourth-order valence-corrected chi connectivity index (χ4v) is 12.5. The quantitative estimate of drug-likeness (QED) is 0.137. The average molecular weight is 1020 g/mol. The maximum absolute atomic E-state index is 17.7. The summed E-state index contributed by atoms with van der Waals surface area (Å²) >= 11 is 0. The van der Waals surface area contributed by atoms with Crippen molar-refractivity contribution in [2.75, 3.05) is 9.80 Å². The van der Waals surface area contributed by atoms with Crippen molar-refractivity contribution in [3.8, 4) is 33.4 Å². The largest absolute Gasteiger partial charge is 0.455 e. The Labute approximate surface area is 454 Å². The van der Waals surface area contributed by atoms with Gasteiger partial charge in [-0.3, -0.25) is 0 Å². The predicted molar refractivity (Wildman–Crippen MR) is 318 cm³/mol. The Morgan fingerprint density at radius 3 is 1.03 bits per heavy atom. The number of nitrogens with zero attached hydrogens (tertiary/aromatic N) is 2. The summed E-state index contributed by atoms with van der Waals surface area (Å²) in [5.41, 5.74) is 14.1. The van der Waals surface area contributed by atoms with Crippen LogP contribution in [0.3, 0.4) is 0 Å². The minimum atomic E-state index is -1.09. The van der Waals surface area contributed by atoms with Crippen molar-refractivity contribution < 1.29 is 17.6 Å². The lowest BCUT2D eigenvalue weighted by Crippen LogP contribution is -2.29. The highest BCUT2D eigenvalue weighted by Crippen LogP contribution is 2.64. The SMILES string of the molecule is Fc1cc(-c2ccccc2)ccc1N(c1ccccc1)c1cc2c(c3oc4ccccc4c13)-c1c(cc(N(c3ccccc3)c3ccc(-c4ccccc4)cc3F)c3c1oc1ccccc13)C2(c1ccccc1)c1ccccc1. The van der Waals surface area contributed by atoms with Gasteiger partial charge in [-0.05, 0) is 117 Å². The van der Waals surface area contributed by atoms with Crippen molar-refractivity contribution >= 4 is 78.0 Å². The van der Waals surface area contributed by atoms with Gasteiger partial charge in [0.15, 0.2) is 0 Å². The molecule has 1 aliphatic carbocycles. The van der Waals surface area contributed by atoms with Crippen LogP contribution in [0.5, 0.6) is 0 Å². The van der Waals surface area contributed by atoms with Crippen molar-refractivity contribution in [3.63, 3.8) is 0 Å². The molecule has 14 aromatic rings. The number of furan rings is 2. The molecule has 0 saturated carbocycles. The third-order valence-corrected chi connectivity index (χ3v) is 15.8. The second-order valence-electron chi connectivity index (χ2n) is 20.1. The van der Waals surface area contributed by atoms with Gasteiger partial charge in [-0.25, -0.2) is 8.78 Å². The summed E-state index contributed by atoms with van der Waals surface area (Å²) in [5, 5.41) is 3.37. The van der Waals surface area contributed by atoms with Crippen molar-refractivity contribution in [2.24, 2.45) is 0 Å². The number of hydrogen-bond acceptors (Lipinski definition) is 4. The number of anilines is 6. The van der Waals surface area contributed by atoms with E-state index in [1.165, 1.54) is 0 Å². The van der Waals surface area contributed by atoms with E-state index in [-0.39, 0.29) is 11.6 Å². The first-order valence-electron chi connectivity index (χ1n) is 26.5. The van der Waals surface area contributed by atoms with Crippen LogP contribution in [-0.4, -0.2) is 0 Å². The molecule has 12 aromatic carbocycles. The molecule has 0 N–H and O–H groups in total. The van der Waals surface area contributed by atoms with E-state index in [4.69, 9.17) is 8.83 Å². The van der Waals surface area contributed by atoms with Crippen molar-refractivity contribution in [3.05, 3.63) is 313 Å². The average Bonchev–Trinajstić information content (AvgIpc) is 3.76. The van der Waals surface area contributed by atoms with Crippen LogP contribution in [0.4, 0.5) is 42.9 Å². The molecule has 2 aromatic heterocycles. The molecule has 0 fully saturated rings. The summed E-state index contributed by atoms with van der Waals surface area (Å²) in [7, 11) is 0. The number of para-hydroxylation sites is 4. The third-order valence-electron chi connectivity index (χ3n) is 15.8. The summed E-state index contributed by atoms with van der Waals surface area (Å²) in [6.45, 7) is 0. The second-order valence-corrected chi connectivity index (χ2v) is 20.1. The van der Waals surface area contributed by atoms with Gasteiger partial charge in [-0.2, -0.15) is 0 Å². The maximum atomic E-state index is 17.7. The van der Waals surface area contributed by atoms with Crippen LogP contribution in [0.1, 0.15) is 22.3 Å². The van der Waals surface area contributed by atoms with Gasteiger partial charge in [-0.1, -0.05) is 206 Å². The molecule has 0 bridgehead atoms. The van der Waals surface area contributed by atoms with Gasteiger partial charge >= 0.3 is 0 Å². The number of rotatable bonds is 10. The van der Waals surface area contributed by atoms with Gasteiger partial charge in [0.05, 0.1) is 38.9 Å². The maximum Gasteiger partial charge on any atom is 0.147 e. The Kier molecular flexibility index (Phi) is 10.8. The highest BCUT2D eigenvalue weighted by molar-refractivity contribution is 6.25. The number of fused-ring (bicyclic) bond motifs is 11. The first-order chi connectivity index (χ1) is 39.0. The fraction of sp³-hybridized carbons (Fsp3) is 0.0137. The molecule has 6 heteroatoms. The Morgan fingerprint density at radius 1 is 0.304 bits per heavy atom. The molecule has 0 saturated heterocycles. The summed E-state index contributed by atoms with van der Waals surface area (Å²) in [5.74, 6) is -0.767. The molecule has 15 rings (SSSR count). The predicted octanol–water partition coefficient (Wildman–Crippen LogP) is 20.4. The van der Waals surface area contributed by atoms with E-state index in [1.54, 1.807) is 12.1 Å². The summed E-state index contributed by atoms with van der Waals surface area (Å²) in [4.78, 5) is 4.08. The Bertz CT molecular complexity index is 4320. The smallest absolute Gasteiger partial charge is 0.147 e. The van der Waals surface area contributed by atoms with Crippen molar-refractivity contribution in [1.82, 2.24) is 0 Å². The van der Waals surface area contributed by atoms with Gasteiger partial charge in [0.1, 0.15) is 34.0 Å². The molecule has 1 aliphatic rings. The molecule has 0 aliphatic heterocycles. The molecule has 79 heavy (non-hydrogen) atoms. The molecule has 2 heterocycles. The molecule has 0 atom stereocenters. The summed E-state index contributed by atoms with van der Waals surface area (Å²) in [6, 6.07) is 92.7. The number of hydrogen-bond donors (Lipinski definition) is 0. The zero-order valence-electron chi connectivity index (χ0n) is 42.5. The van der Waals surface area contributed by atoms with Gasteiger partial charge in [0.2, 0.25) is 0 Å². The van der Waals surface area contributed by atoms with Gasteiger partial charge in [0.25, 0.3) is 0 Å². The minimum absolute atomic E-state index is 0.374.